The van der Waals surface area contributed by atoms with Gasteiger partial charge in [-0.1, -0.05) is 6.07 Å². The van der Waals surface area contributed by atoms with Crippen molar-refractivity contribution in [3.63, 3.8) is 0 Å². The van der Waals surface area contributed by atoms with Gasteiger partial charge in [-0.25, -0.2) is 9.59 Å². The summed E-state index contributed by atoms with van der Waals surface area (Å²) in [4.78, 5) is 47.2. The molecule has 1 atom stereocenters. The van der Waals surface area contributed by atoms with Gasteiger partial charge < -0.3 is 19.2 Å². The minimum absolute atomic E-state index is 0.000916. The standard InChI is InChI=1S/C22H18N2O8/c25-20(23-12-17-5-2-8-30-17)18-10-13-6-7-16(11-19(13)32-22(18)27)31-21(26)14-3-1-4-15(9-14)24(28)29/h1,3-4,6-7,9-11,17H,2,5,8,12H2,(H,23,25). The van der Waals surface area contributed by atoms with Crippen molar-refractivity contribution in [1.82, 2.24) is 5.32 Å². The number of ether oxygens (including phenoxy) is 2. The molecule has 2 heterocycles. The van der Waals surface area contributed by atoms with Crippen molar-refractivity contribution in [2.24, 2.45) is 0 Å². The van der Waals surface area contributed by atoms with Crippen LogP contribution in [0.1, 0.15) is 33.6 Å². The van der Waals surface area contributed by atoms with Crippen LogP contribution in [-0.4, -0.2) is 36.1 Å². The lowest BCUT2D eigenvalue weighted by atomic mass is 10.1. The van der Waals surface area contributed by atoms with Gasteiger partial charge in [0.1, 0.15) is 16.9 Å². The number of amides is 1. The summed E-state index contributed by atoms with van der Waals surface area (Å²) in [6.07, 6.45) is 1.73. The molecule has 32 heavy (non-hydrogen) atoms. The molecule has 1 N–H and O–H groups in total. The molecule has 10 nitrogen and oxygen atoms in total. The predicted molar refractivity (Wildman–Crippen MR) is 112 cm³/mol. The number of non-ortho nitro benzene ring substituents is 1. The van der Waals surface area contributed by atoms with Crippen molar-refractivity contribution in [1.29, 1.82) is 0 Å². The normalized spacial score (nSPS) is 15.4. The second kappa shape index (κ2) is 8.98. The van der Waals surface area contributed by atoms with Crippen molar-refractivity contribution in [2.75, 3.05) is 13.2 Å². The first-order valence-electron chi connectivity index (χ1n) is 9.85. The van der Waals surface area contributed by atoms with E-state index in [0.717, 1.165) is 18.9 Å². The third kappa shape index (κ3) is 4.65. The van der Waals surface area contributed by atoms with E-state index < -0.39 is 22.4 Å². The van der Waals surface area contributed by atoms with Crippen LogP contribution in [0.25, 0.3) is 11.0 Å². The molecule has 0 aliphatic carbocycles. The van der Waals surface area contributed by atoms with E-state index in [9.17, 15) is 24.5 Å². The second-order valence-corrected chi connectivity index (χ2v) is 7.19. The Hall–Kier alpha value is -4.05. The summed E-state index contributed by atoms with van der Waals surface area (Å²) in [6, 6.07) is 10.9. The van der Waals surface area contributed by atoms with Gasteiger partial charge in [0.25, 0.3) is 11.6 Å². The fourth-order valence-corrected chi connectivity index (χ4v) is 3.33. The lowest BCUT2D eigenvalue weighted by Crippen LogP contribution is -2.34. The van der Waals surface area contributed by atoms with Gasteiger partial charge in [-0.3, -0.25) is 14.9 Å². The van der Waals surface area contributed by atoms with Gasteiger partial charge >= 0.3 is 11.6 Å². The first kappa shape index (κ1) is 21.2. The lowest BCUT2D eigenvalue weighted by molar-refractivity contribution is -0.384. The van der Waals surface area contributed by atoms with Crippen LogP contribution in [-0.2, 0) is 4.74 Å². The van der Waals surface area contributed by atoms with Crippen LogP contribution >= 0.6 is 0 Å². The number of nitro benzene ring substituents is 1. The number of fused-ring (bicyclic) bond motifs is 1. The van der Waals surface area contributed by atoms with Crippen LogP contribution in [0.4, 0.5) is 5.69 Å². The number of benzene rings is 2. The monoisotopic (exact) mass is 438 g/mol. The molecule has 0 spiro atoms. The van der Waals surface area contributed by atoms with Gasteiger partial charge in [-0.05, 0) is 37.1 Å². The van der Waals surface area contributed by atoms with Crippen LogP contribution in [0.5, 0.6) is 5.75 Å². The molecule has 1 aromatic heterocycles. The summed E-state index contributed by atoms with van der Waals surface area (Å²) in [5.74, 6) is -1.29. The maximum atomic E-state index is 12.4. The lowest BCUT2D eigenvalue weighted by Gasteiger charge is -2.10. The average molecular weight is 438 g/mol. The second-order valence-electron chi connectivity index (χ2n) is 7.19. The number of carbonyl (C=O) groups excluding carboxylic acids is 2. The Morgan fingerprint density at radius 3 is 2.78 bits per heavy atom. The Morgan fingerprint density at radius 2 is 2.03 bits per heavy atom. The number of nitro groups is 1. The molecule has 1 aliphatic rings. The van der Waals surface area contributed by atoms with E-state index in [0.29, 0.717) is 18.5 Å². The quantitative estimate of drug-likeness (QED) is 0.204. The van der Waals surface area contributed by atoms with Crippen LogP contribution in [0.3, 0.4) is 0 Å². The Morgan fingerprint density at radius 1 is 1.19 bits per heavy atom. The van der Waals surface area contributed by atoms with E-state index in [4.69, 9.17) is 13.9 Å². The Kier molecular flexibility index (Phi) is 5.95. The van der Waals surface area contributed by atoms with Crippen molar-refractivity contribution >= 4 is 28.5 Å². The van der Waals surface area contributed by atoms with Gasteiger partial charge in [-0.2, -0.15) is 0 Å². The highest BCUT2D eigenvalue weighted by molar-refractivity contribution is 5.97. The van der Waals surface area contributed by atoms with Crippen LogP contribution in [0.15, 0.2) is 57.7 Å². The Labute approximate surface area is 180 Å². The third-order valence-corrected chi connectivity index (χ3v) is 4.97. The molecule has 2 aromatic carbocycles. The molecular formula is C22H18N2O8. The highest BCUT2D eigenvalue weighted by Crippen LogP contribution is 2.22. The van der Waals surface area contributed by atoms with Crippen LogP contribution in [0, 0.1) is 10.1 Å². The molecule has 1 aliphatic heterocycles. The van der Waals surface area contributed by atoms with E-state index in [-0.39, 0.29) is 34.3 Å². The van der Waals surface area contributed by atoms with E-state index in [1.165, 1.54) is 42.5 Å². The van der Waals surface area contributed by atoms with Crippen molar-refractivity contribution in [3.8, 4) is 5.75 Å². The van der Waals surface area contributed by atoms with E-state index in [2.05, 4.69) is 5.32 Å². The largest absolute Gasteiger partial charge is 0.423 e. The molecule has 0 saturated carbocycles. The molecule has 1 saturated heterocycles. The maximum Gasteiger partial charge on any atom is 0.349 e. The average Bonchev–Trinajstić information content (AvgIpc) is 3.30. The molecule has 1 amide bonds. The van der Waals surface area contributed by atoms with Gasteiger partial charge in [0, 0.05) is 36.7 Å². The Bertz CT molecular complexity index is 1260. The molecule has 10 heteroatoms. The zero-order valence-corrected chi connectivity index (χ0v) is 16.7. The first-order valence-corrected chi connectivity index (χ1v) is 9.85. The number of esters is 1. The maximum absolute atomic E-state index is 12.4. The zero-order chi connectivity index (χ0) is 22.7. The minimum Gasteiger partial charge on any atom is -0.423 e. The fourth-order valence-electron chi connectivity index (χ4n) is 3.33. The SMILES string of the molecule is O=C(Oc1ccc2cc(C(=O)NCC3CCCO3)c(=O)oc2c1)c1cccc([N+](=O)[O-])c1. The topological polar surface area (TPSA) is 138 Å². The minimum atomic E-state index is -0.829. The summed E-state index contributed by atoms with van der Waals surface area (Å²) < 4.78 is 15.9. The zero-order valence-electron chi connectivity index (χ0n) is 16.7. The summed E-state index contributed by atoms with van der Waals surface area (Å²) in [5, 5.41) is 14.0. The summed E-state index contributed by atoms with van der Waals surface area (Å²) in [7, 11) is 0. The van der Waals surface area contributed by atoms with E-state index in [1.54, 1.807) is 0 Å². The number of hydrogen-bond donors (Lipinski definition) is 1. The van der Waals surface area contributed by atoms with Gasteiger partial charge in [0.15, 0.2) is 0 Å². The van der Waals surface area contributed by atoms with Gasteiger partial charge in [0.2, 0.25) is 0 Å². The number of nitrogens with one attached hydrogen (secondary N) is 1. The molecule has 0 bridgehead atoms. The molecule has 1 unspecified atom stereocenters. The number of carbonyl (C=O) groups is 2. The Balaban J connectivity index is 1.50. The highest BCUT2D eigenvalue weighted by Gasteiger charge is 2.19. The fraction of sp³-hybridized carbons (Fsp3) is 0.227. The first-order chi connectivity index (χ1) is 15.4. The van der Waals surface area contributed by atoms with E-state index in [1.807, 2.05) is 0 Å². The van der Waals surface area contributed by atoms with Crippen molar-refractivity contribution < 1.29 is 28.4 Å². The van der Waals surface area contributed by atoms with Gasteiger partial charge in [-0.15, -0.1) is 0 Å². The summed E-state index contributed by atoms with van der Waals surface area (Å²) in [6.45, 7) is 0.968. The number of nitrogens with zero attached hydrogens (tertiary/aromatic N) is 1. The molecule has 164 valence electrons. The molecule has 0 radical (unpaired) electrons. The highest BCUT2D eigenvalue weighted by atomic mass is 16.6. The predicted octanol–water partition coefficient (Wildman–Crippen LogP) is 2.83. The summed E-state index contributed by atoms with van der Waals surface area (Å²) >= 11 is 0. The van der Waals surface area contributed by atoms with Crippen molar-refractivity contribution in [2.45, 2.75) is 18.9 Å². The molecular weight excluding hydrogens is 420 g/mol. The third-order valence-electron chi connectivity index (χ3n) is 4.97. The summed E-state index contributed by atoms with van der Waals surface area (Å²) in [5.41, 5.74) is -1.09. The van der Waals surface area contributed by atoms with Crippen molar-refractivity contribution in [3.05, 3.63) is 80.2 Å². The molecule has 1 fully saturated rings. The number of hydrogen-bond acceptors (Lipinski definition) is 8. The van der Waals surface area contributed by atoms with Gasteiger partial charge in [0.05, 0.1) is 16.6 Å². The van der Waals surface area contributed by atoms with Crippen LogP contribution < -0.4 is 15.7 Å². The number of rotatable bonds is 6. The van der Waals surface area contributed by atoms with Crippen LogP contribution in [0.2, 0.25) is 0 Å². The van der Waals surface area contributed by atoms with E-state index >= 15 is 0 Å². The molecule has 4 rings (SSSR count). The smallest absolute Gasteiger partial charge is 0.349 e. The molecule has 3 aromatic rings.